The lowest BCUT2D eigenvalue weighted by atomic mass is 10.1. The van der Waals surface area contributed by atoms with Crippen LogP contribution in [0.3, 0.4) is 0 Å². The highest BCUT2D eigenvalue weighted by Gasteiger charge is 2.03. The molecule has 0 unspecified atom stereocenters. The van der Waals surface area contributed by atoms with Gasteiger partial charge < -0.3 is 10.1 Å². The Balaban J connectivity index is 0.00000137. The van der Waals surface area contributed by atoms with E-state index < -0.39 is 0 Å². The van der Waals surface area contributed by atoms with E-state index in [-0.39, 0.29) is 11.4 Å². The first-order chi connectivity index (χ1) is 8.52. The highest BCUT2D eigenvalue weighted by Crippen LogP contribution is 2.14. The third kappa shape index (κ3) is 5.30. The Morgan fingerprint density at radius 2 is 2.11 bits per heavy atom. The highest BCUT2D eigenvalue weighted by molar-refractivity contribution is 5.71. The van der Waals surface area contributed by atoms with Crippen molar-refractivity contribution in [2.24, 2.45) is 0 Å². The molecule has 0 aromatic carbocycles. The Morgan fingerprint density at radius 1 is 1.50 bits per heavy atom. The summed E-state index contributed by atoms with van der Waals surface area (Å²) in [6.07, 6.45) is 5.38. The zero-order chi connectivity index (χ0) is 14.1. The lowest BCUT2D eigenvalue weighted by molar-refractivity contribution is 0.450. The molecule has 0 saturated heterocycles. The molecule has 98 valence electrons. The largest absolute Gasteiger partial charge is 0.493 e. The highest BCUT2D eigenvalue weighted by atomic mass is 16.3. The number of aromatic nitrogens is 2. The number of allylic oxidation sites excluding steroid dienone is 5. The van der Waals surface area contributed by atoms with E-state index in [1.54, 1.807) is 12.2 Å². The van der Waals surface area contributed by atoms with Crippen molar-refractivity contribution in [2.75, 3.05) is 0 Å². The van der Waals surface area contributed by atoms with Crippen LogP contribution in [-0.2, 0) is 0 Å². The number of H-pyrrole nitrogens is 1. The Hall–Kier alpha value is -2.10. The van der Waals surface area contributed by atoms with E-state index in [1.165, 1.54) is 0 Å². The summed E-state index contributed by atoms with van der Waals surface area (Å²) < 4.78 is 0. The first kappa shape index (κ1) is 15.9. The van der Waals surface area contributed by atoms with E-state index in [4.69, 9.17) is 0 Å². The predicted molar refractivity (Wildman–Crippen MR) is 75.5 cm³/mol. The lowest BCUT2D eigenvalue weighted by Crippen LogP contribution is -2.08. The summed E-state index contributed by atoms with van der Waals surface area (Å²) in [5.74, 6) is 0.0296. The maximum Gasteiger partial charge on any atom is 0.254 e. The second-order valence-electron chi connectivity index (χ2n) is 3.40. The monoisotopic (exact) mass is 248 g/mol. The standard InChI is InChI=1S/C12H14N2O2.C2H6/c1-4-5-9(6-8(2)3)12-13-10(15)7-11(16)14-12;1-2/h4-7H,2H2,1,3H3,(H2,13,14,15,16);1-2H3/b5-4-,9-6+;. The minimum atomic E-state index is -0.389. The smallest absolute Gasteiger partial charge is 0.254 e. The minimum Gasteiger partial charge on any atom is -0.493 e. The van der Waals surface area contributed by atoms with Crippen LogP contribution in [0.5, 0.6) is 5.88 Å². The molecule has 4 nitrogen and oxygen atoms in total. The second-order valence-corrected chi connectivity index (χ2v) is 3.40. The van der Waals surface area contributed by atoms with Gasteiger partial charge in [-0.25, -0.2) is 0 Å². The van der Waals surface area contributed by atoms with E-state index in [1.807, 2.05) is 33.8 Å². The summed E-state index contributed by atoms with van der Waals surface area (Å²) in [6.45, 7) is 11.4. The molecule has 0 aliphatic carbocycles. The first-order valence-corrected chi connectivity index (χ1v) is 5.83. The van der Waals surface area contributed by atoms with Crippen LogP contribution in [0.25, 0.3) is 5.57 Å². The van der Waals surface area contributed by atoms with Crippen LogP contribution >= 0.6 is 0 Å². The van der Waals surface area contributed by atoms with Gasteiger partial charge in [-0.05, 0) is 19.9 Å². The van der Waals surface area contributed by atoms with E-state index in [9.17, 15) is 9.90 Å². The molecule has 1 aromatic heterocycles. The molecule has 1 rings (SSSR count). The number of nitrogens with zero attached hydrogens (tertiary/aromatic N) is 1. The summed E-state index contributed by atoms with van der Waals surface area (Å²) in [5.41, 5.74) is 1.14. The molecule has 0 aliphatic rings. The van der Waals surface area contributed by atoms with Gasteiger partial charge in [0.25, 0.3) is 5.56 Å². The third-order valence-electron chi connectivity index (χ3n) is 1.75. The van der Waals surface area contributed by atoms with Crippen LogP contribution in [0.15, 0.2) is 41.2 Å². The number of nitrogens with one attached hydrogen (secondary N) is 1. The molecule has 0 atom stereocenters. The number of aromatic hydroxyl groups is 1. The zero-order valence-electron chi connectivity index (χ0n) is 11.3. The lowest BCUT2D eigenvalue weighted by Gasteiger charge is -2.02. The fraction of sp³-hybridized carbons (Fsp3) is 0.286. The number of hydrogen-bond donors (Lipinski definition) is 2. The van der Waals surface area contributed by atoms with Crippen LogP contribution in [0.2, 0.25) is 0 Å². The van der Waals surface area contributed by atoms with Gasteiger partial charge in [-0.3, -0.25) is 4.79 Å². The summed E-state index contributed by atoms with van der Waals surface area (Å²) in [7, 11) is 0. The van der Waals surface area contributed by atoms with Gasteiger partial charge in [0.1, 0.15) is 5.82 Å². The van der Waals surface area contributed by atoms with Crippen molar-refractivity contribution >= 4 is 5.57 Å². The SMILES string of the molecule is C=C(C)/C=C(\C=C/C)c1nc(O)cc(=O)[nH]1.CC. The summed E-state index contributed by atoms with van der Waals surface area (Å²) in [5, 5.41) is 9.24. The average Bonchev–Trinajstić information content (AvgIpc) is 2.29. The van der Waals surface area contributed by atoms with E-state index in [2.05, 4.69) is 16.5 Å². The minimum absolute atomic E-state index is 0.295. The van der Waals surface area contributed by atoms with E-state index in [0.29, 0.717) is 11.4 Å². The predicted octanol–water partition coefficient (Wildman–Crippen LogP) is 3.04. The Labute approximate surface area is 107 Å². The maximum absolute atomic E-state index is 11.2. The van der Waals surface area contributed by atoms with Crippen molar-refractivity contribution in [3.8, 4) is 5.88 Å². The average molecular weight is 248 g/mol. The fourth-order valence-electron chi connectivity index (χ4n) is 1.22. The Kier molecular flexibility index (Phi) is 7.12. The molecule has 0 aliphatic heterocycles. The number of hydrogen-bond acceptors (Lipinski definition) is 3. The molecule has 0 saturated carbocycles. The van der Waals surface area contributed by atoms with Crippen LogP contribution in [0, 0.1) is 0 Å². The molecule has 4 heteroatoms. The van der Waals surface area contributed by atoms with Crippen molar-refractivity contribution in [3.63, 3.8) is 0 Å². The van der Waals surface area contributed by atoms with Gasteiger partial charge in [-0.2, -0.15) is 4.98 Å². The number of aromatic amines is 1. The topological polar surface area (TPSA) is 66.0 Å². The third-order valence-corrected chi connectivity index (χ3v) is 1.75. The van der Waals surface area contributed by atoms with Gasteiger partial charge in [-0.15, -0.1) is 0 Å². The van der Waals surface area contributed by atoms with Crippen molar-refractivity contribution in [1.29, 1.82) is 0 Å². The molecule has 0 amide bonds. The summed E-state index contributed by atoms with van der Waals surface area (Å²) in [6, 6.07) is 1.03. The van der Waals surface area contributed by atoms with Gasteiger partial charge in [0, 0.05) is 5.57 Å². The molecule has 0 fully saturated rings. The van der Waals surface area contributed by atoms with E-state index in [0.717, 1.165) is 11.6 Å². The second kappa shape index (κ2) is 8.06. The van der Waals surface area contributed by atoms with Crippen LogP contribution in [-0.4, -0.2) is 15.1 Å². The molecule has 0 radical (unpaired) electrons. The van der Waals surface area contributed by atoms with Gasteiger partial charge in [0.15, 0.2) is 0 Å². The van der Waals surface area contributed by atoms with Crippen LogP contribution < -0.4 is 5.56 Å². The normalized spacial score (nSPS) is 11.0. The fourth-order valence-corrected chi connectivity index (χ4v) is 1.22. The summed E-state index contributed by atoms with van der Waals surface area (Å²) in [4.78, 5) is 17.6. The van der Waals surface area contributed by atoms with Crippen molar-refractivity contribution in [2.45, 2.75) is 27.7 Å². The molecule has 0 spiro atoms. The Morgan fingerprint density at radius 3 is 2.56 bits per heavy atom. The van der Waals surface area contributed by atoms with Crippen molar-refractivity contribution in [3.05, 3.63) is 52.6 Å². The van der Waals surface area contributed by atoms with Crippen LogP contribution in [0.4, 0.5) is 0 Å². The molecular weight excluding hydrogens is 228 g/mol. The maximum atomic E-state index is 11.2. The Bertz CT molecular complexity index is 511. The molecule has 0 bridgehead atoms. The van der Waals surface area contributed by atoms with Gasteiger partial charge in [0.05, 0.1) is 6.07 Å². The van der Waals surface area contributed by atoms with Crippen molar-refractivity contribution < 1.29 is 5.11 Å². The van der Waals surface area contributed by atoms with E-state index >= 15 is 0 Å². The molecule has 1 heterocycles. The summed E-state index contributed by atoms with van der Waals surface area (Å²) >= 11 is 0. The van der Waals surface area contributed by atoms with Gasteiger partial charge in [-0.1, -0.05) is 38.2 Å². The quantitative estimate of drug-likeness (QED) is 0.808. The molecular formula is C14H20N2O2. The number of rotatable bonds is 3. The van der Waals surface area contributed by atoms with Gasteiger partial charge in [0.2, 0.25) is 5.88 Å². The van der Waals surface area contributed by atoms with Crippen molar-refractivity contribution in [1.82, 2.24) is 9.97 Å². The molecule has 1 aromatic rings. The van der Waals surface area contributed by atoms with Crippen LogP contribution in [0.1, 0.15) is 33.5 Å². The first-order valence-electron chi connectivity index (χ1n) is 5.83. The molecule has 18 heavy (non-hydrogen) atoms. The van der Waals surface area contributed by atoms with Gasteiger partial charge >= 0.3 is 0 Å². The zero-order valence-corrected chi connectivity index (χ0v) is 11.3. The molecule has 2 N–H and O–H groups in total.